The lowest BCUT2D eigenvalue weighted by molar-refractivity contribution is 0.0692. The fourth-order valence-corrected chi connectivity index (χ4v) is 1.77. The Balaban J connectivity index is 2.02. The molecule has 0 fully saturated rings. The second-order valence-corrected chi connectivity index (χ2v) is 4.26. The summed E-state index contributed by atoms with van der Waals surface area (Å²) in [4.78, 5) is 15.1. The summed E-state index contributed by atoms with van der Waals surface area (Å²) in [6.45, 7) is 2.29. The third-order valence-electron chi connectivity index (χ3n) is 2.76. The fraction of sp³-hybridized carbons (Fsp3) is 0.200. The minimum atomic E-state index is -0.970. The van der Waals surface area contributed by atoms with Crippen molar-refractivity contribution in [2.24, 2.45) is 0 Å². The zero-order valence-electron chi connectivity index (χ0n) is 10.7. The van der Waals surface area contributed by atoms with Crippen molar-refractivity contribution in [3.8, 4) is 5.75 Å². The molecule has 19 heavy (non-hydrogen) atoms. The van der Waals surface area contributed by atoms with Gasteiger partial charge in [0.2, 0.25) is 0 Å². The monoisotopic (exact) mass is 257 g/mol. The first-order valence-electron chi connectivity index (χ1n) is 6.02. The molecule has 0 unspecified atom stereocenters. The smallest absolute Gasteiger partial charge is 0.339 e. The number of nitrogens with zero attached hydrogens (tertiary/aromatic N) is 1. The summed E-state index contributed by atoms with van der Waals surface area (Å²) < 4.78 is 5.56. The molecule has 0 amide bonds. The molecule has 98 valence electrons. The predicted octanol–water partition coefficient (Wildman–Crippen LogP) is 2.71. The summed E-state index contributed by atoms with van der Waals surface area (Å²) in [7, 11) is 0. The summed E-state index contributed by atoms with van der Waals surface area (Å²) >= 11 is 0. The Morgan fingerprint density at radius 1 is 1.26 bits per heavy atom. The second-order valence-electron chi connectivity index (χ2n) is 4.26. The van der Waals surface area contributed by atoms with Gasteiger partial charge in [0.05, 0.1) is 6.61 Å². The average Bonchev–Trinajstić information content (AvgIpc) is 2.41. The highest BCUT2D eigenvalue weighted by Crippen LogP contribution is 2.20. The second kappa shape index (κ2) is 6.00. The van der Waals surface area contributed by atoms with Crippen molar-refractivity contribution >= 4 is 5.97 Å². The first-order chi connectivity index (χ1) is 9.16. The molecule has 0 aliphatic heterocycles. The average molecular weight is 257 g/mol. The van der Waals surface area contributed by atoms with E-state index in [9.17, 15) is 4.79 Å². The maximum Gasteiger partial charge on any atom is 0.339 e. The van der Waals surface area contributed by atoms with Gasteiger partial charge in [-0.2, -0.15) is 0 Å². The lowest BCUT2D eigenvalue weighted by atomic mass is 10.1. The lowest BCUT2D eigenvalue weighted by Gasteiger charge is -2.09. The number of carboxylic acid groups (broad SMARTS) is 1. The molecule has 1 N–H and O–H groups in total. The molecule has 1 aromatic heterocycles. The highest BCUT2D eigenvalue weighted by Gasteiger charge is 2.11. The van der Waals surface area contributed by atoms with Crippen molar-refractivity contribution in [2.45, 2.75) is 13.3 Å². The van der Waals surface area contributed by atoms with E-state index in [0.717, 1.165) is 17.5 Å². The van der Waals surface area contributed by atoms with Gasteiger partial charge in [0, 0.05) is 18.8 Å². The van der Waals surface area contributed by atoms with E-state index in [0.29, 0.717) is 12.4 Å². The highest BCUT2D eigenvalue weighted by atomic mass is 16.5. The minimum absolute atomic E-state index is 0.203. The van der Waals surface area contributed by atoms with Gasteiger partial charge in [-0.3, -0.25) is 4.98 Å². The SMILES string of the molecule is Cc1ccc(OCCc2ccncc2)c(C(=O)O)c1. The minimum Gasteiger partial charge on any atom is -0.492 e. The summed E-state index contributed by atoms with van der Waals surface area (Å²) in [5, 5.41) is 9.12. The van der Waals surface area contributed by atoms with Crippen molar-refractivity contribution in [1.82, 2.24) is 4.98 Å². The Morgan fingerprint density at radius 3 is 2.68 bits per heavy atom. The number of aryl methyl sites for hydroxylation is 1. The van der Waals surface area contributed by atoms with E-state index in [4.69, 9.17) is 9.84 Å². The van der Waals surface area contributed by atoms with Gasteiger partial charge < -0.3 is 9.84 Å². The highest BCUT2D eigenvalue weighted by molar-refractivity contribution is 5.91. The first kappa shape index (κ1) is 13.1. The Labute approximate surface area is 111 Å². The molecule has 0 radical (unpaired) electrons. The predicted molar refractivity (Wildman–Crippen MR) is 71.6 cm³/mol. The van der Waals surface area contributed by atoms with E-state index in [1.54, 1.807) is 24.5 Å². The molecule has 4 heteroatoms. The normalized spacial score (nSPS) is 10.2. The van der Waals surface area contributed by atoms with E-state index < -0.39 is 5.97 Å². The van der Waals surface area contributed by atoms with Crippen LogP contribution >= 0.6 is 0 Å². The topological polar surface area (TPSA) is 59.4 Å². The van der Waals surface area contributed by atoms with Crippen LogP contribution in [0, 0.1) is 6.92 Å². The number of carboxylic acids is 1. The van der Waals surface area contributed by atoms with Crippen LogP contribution in [-0.4, -0.2) is 22.7 Å². The first-order valence-corrected chi connectivity index (χ1v) is 6.02. The number of ether oxygens (including phenoxy) is 1. The molecule has 2 rings (SSSR count). The molecule has 1 aromatic carbocycles. The van der Waals surface area contributed by atoms with Gasteiger partial charge in [-0.1, -0.05) is 11.6 Å². The van der Waals surface area contributed by atoms with Crippen LogP contribution in [0.3, 0.4) is 0 Å². The third kappa shape index (κ3) is 3.55. The van der Waals surface area contributed by atoms with E-state index in [2.05, 4.69) is 4.98 Å². The van der Waals surface area contributed by atoms with Crippen molar-refractivity contribution in [1.29, 1.82) is 0 Å². The number of hydrogen-bond donors (Lipinski definition) is 1. The van der Waals surface area contributed by atoms with Crippen LogP contribution in [0.15, 0.2) is 42.7 Å². The van der Waals surface area contributed by atoms with Crippen molar-refractivity contribution in [2.75, 3.05) is 6.61 Å². The molecule has 0 spiro atoms. The number of aromatic nitrogens is 1. The summed E-state index contributed by atoms with van der Waals surface area (Å²) in [6, 6.07) is 8.98. The quantitative estimate of drug-likeness (QED) is 0.894. The Bertz CT molecular complexity index is 567. The number of aromatic carboxylic acids is 1. The molecule has 0 aliphatic carbocycles. The van der Waals surface area contributed by atoms with E-state index in [1.165, 1.54) is 0 Å². The molecule has 1 heterocycles. The maximum absolute atomic E-state index is 11.1. The van der Waals surface area contributed by atoms with Gasteiger partial charge in [0.15, 0.2) is 0 Å². The third-order valence-corrected chi connectivity index (χ3v) is 2.76. The van der Waals surface area contributed by atoms with Gasteiger partial charge >= 0.3 is 5.97 Å². The van der Waals surface area contributed by atoms with Crippen LogP contribution in [0.5, 0.6) is 5.75 Å². The van der Waals surface area contributed by atoms with Crippen molar-refractivity contribution < 1.29 is 14.6 Å². The van der Waals surface area contributed by atoms with E-state index in [1.807, 2.05) is 25.1 Å². The van der Waals surface area contributed by atoms with Gasteiger partial charge in [-0.15, -0.1) is 0 Å². The molecule has 0 saturated heterocycles. The molecular formula is C15H15NO3. The standard InChI is InChI=1S/C15H15NO3/c1-11-2-3-14(13(10-11)15(17)18)19-9-6-12-4-7-16-8-5-12/h2-5,7-8,10H,6,9H2,1H3,(H,17,18). The van der Waals surface area contributed by atoms with Gasteiger partial charge in [-0.25, -0.2) is 4.79 Å². The van der Waals surface area contributed by atoms with Crippen LogP contribution in [-0.2, 0) is 6.42 Å². The summed E-state index contributed by atoms with van der Waals surface area (Å²) in [5.41, 5.74) is 2.22. The molecule has 0 aliphatic rings. The Kier molecular flexibility index (Phi) is 4.13. The number of carbonyl (C=O) groups is 1. The van der Waals surface area contributed by atoms with Gasteiger partial charge in [0.1, 0.15) is 11.3 Å². The van der Waals surface area contributed by atoms with Crippen LogP contribution in [0.2, 0.25) is 0 Å². The number of hydrogen-bond acceptors (Lipinski definition) is 3. The summed E-state index contributed by atoms with van der Waals surface area (Å²) in [6.07, 6.45) is 4.17. The molecule has 2 aromatic rings. The summed E-state index contributed by atoms with van der Waals surface area (Å²) in [5.74, 6) is -0.560. The fourth-order valence-electron chi connectivity index (χ4n) is 1.77. The number of pyridine rings is 1. The molecule has 4 nitrogen and oxygen atoms in total. The largest absolute Gasteiger partial charge is 0.492 e. The lowest BCUT2D eigenvalue weighted by Crippen LogP contribution is -2.06. The van der Waals surface area contributed by atoms with Crippen molar-refractivity contribution in [3.05, 3.63) is 59.4 Å². The number of rotatable bonds is 5. The van der Waals surface area contributed by atoms with Crippen LogP contribution < -0.4 is 4.74 Å². The zero-order chi connectivity index (χ0) is 13.7. The van der Waals surface area contributed by atoms with Gasteiger partial charge in [0.25, 0.3) is 0 Å². The molecular weight excluding hydrogens is 242 g/mol. The van der Waals surface area contributed by atoms with E-state index >= 15 is 0 Å². The molecule has 0 atom stereocenters. The zero-order valence-corrected chi connectivity index (χ0v) is 10.7. The van der Waals surface area contributed by atoms with E-state index in [-0.39, 0.29) is 5.56 Å². The van der Waals surface area contributed by atoms with Gasteiger partial charge in [-0.05, 0) is 36.8 Å². The molecule has 0 saturated carbocycles. The maximum atomic E-state index is 11.1. The van der Waals surface area contributed by atoms with Crippen molar-refractivity contribution in [3.63, 3.8) is 0 Å². The number of benzene rings is 1. The van der Waals surface area contributed by atoms with Crippen LogP contribution in [0.4, 0.5) is 0 Å². The molecule has 0 bridgehead atoms. The Morgan fingerprint density at radius 2 is 2.00 bits per heavy atom. The van der Waals surface area contributed by atoms with Crippen LogP contribution in [0.1, 0.15) is 21.5 Å². The Hall–Kier alpha value is -2.36. The van der Waals surface area contributed by atoms with Crippen LogP contribution in [0.25, 0.3) is 0 Å².